The number of rotatable bonds is 5. The Labute approximate surface area is 121 Å². The molecule has 1 aromatic heterocycles. The van der Waals surface area contributed by atoms with Gasteiger partial charge in [-0.3, -0.25) is 9.59 Å². The zero-order valence-electron chi connectivity index (χ0n) is 11.6. The molecular formula is C14H16N4O3. The average molecular weight is 288 g/mol. The first-order valence-electron chi connectivity index (χ1n) is 6.38. The number of ether oxygens (including phenoxy) is 1. The molecule has 0 aliphatic carbocycles. The van der Waals surface area contributed by atoms with Crippen LogP contribution in [0.5, 0.6) is 0 Å². The lowest BCUT2D eigenvalue weighted by molar-refractivity contribution is -0.139. The quantitative estimate of drug-likeness (QED) is 0.321. The van der Waals surface area contributed by atoms with E-state index in [4.69, 9.17) is 4.74 Å². The van der Waals surface area contributed by atoms with E-state index in [1.54, 1.807) is 6.20 Å². The lowest BCUT2D eigenvalue weighted by Crippen LogP contribution is -2.39. The van der Waals surface area contributed by atoms with Gasteiger partial charge in [0.25, 0.3) is 0 Å². The van der Waals surface area contributed by atoms with Crippen LogP contribution in [0.3, 0.4) is 0 Å². The number of carbonyl (C=O) groups is 2. The van der Waals surface area contributed by atoms with E-state index in [0.29, 0.717) is 6.61 Å². The maximum atomic E-state index is 11.4. The summed E-state index contributed by atoms with van der Waals surface area (Å²) in [5.74, 6) is -1.56. The molecule has 1 aromatic carbocycles. The first-order valence-corrected chi connectivity index (χ1v) is 6.38. The van der Waals surface area contributed by atoms with Crippen LogP contribution in [0.2, 0.25) is 0 Å². The summed E-state index contributed by atoms with van der Waals surface area (Å²) in [7, 11) is 1.51. The summed E-state index contributed by atoms with van der Waals surface area (Å²) in [4.78, 5) is 25.9. The number of aromatic nitrogens is 1. The number of H-pyrrole nitrogens is 1. The number of aromatic amines is 1. The van der Waals surface area contributed by atoms with Crippen LogP contribution in [-0.4, -0.2) is 43.3 Å². The second-order valence-electron chi connectivity index (χ2n) is 4.24. The van der Waals surface area contributed by atoms with Gasteiger partial charge < -0.3 is 15.0 Å². The molecule has 0 saturated carbocycles. The maximum Gasteiger partial charge on any atom is 0.329 e. The van der Waals surface area contributed by atoms with E-state index in [2.05, 4.69) is 20.8 Å². The average Bonchev–Trinajstić information content (AvgIpc) is 2.91. The van der Waals surface area contributed by atoms with E-state index >= 15 is 0 Å². The third-order valence-corrected chi connectivity index (χ3v) is 2.79. The molecule has 3 N–H and O–H groups in total. The second-order valence-corrected chi connectivity index (χ2v) is 4.24. The molecule has 1 heterocycles. The Morgan fingerprint density at radius 2 is 2.14 bits per heavy atom. The first kappa shape index (κ1) is 14.7. The van der Waals surface area contributed by atoms with Crippen LogP contribution in [0.25, 0.3) is 10.9 Å². The summed E-state index contributed by atoms with van der Waals surface area (Å²) in [5, 5.41) is 7.16. The van der Waals surface area contributed by atoms with Gasteiger partial charge >= 0.3 is 11.8 Å². The van der Waals surface area contributed by atoms with Crippen LogP contribution >= 0.6 is 0 Å². The van der Waals surface area contributed by atoms with Crippen LogP contribution in [0.4, 0.5) is 0 Å². The Bertz CT molecular complexity index is 663. The van der Waals surface area contributed by atoms with E-state index in [1.165, 1.54) is 13.3 Å². The van der Waals surface area contributed by atoms with Crippen LogP contribution in [-0.2, 0) is 14.3 Å². The van der Waals surface area contributed by atoms with Gasteiger partial charge in [-0.05, 0) is 6.07 Å². The highest BCUT2D eigenvalue weighted by atomic mass is 16.5. The highest BCUT2D eigenvalue weighted by molar-refractivity contribution is 6.35. The predicted octanol–water partition coefficient (Wildman–Crippen LogP) is 0.381. The minimum Gasteiger partial charge on any atom is -0.383 e. The zero-order chi connectivity index (χ0) is 15.1. The van der Waals surface area contributed by atoms with Crippen LogP contribution in [0.1, 0.15) is 5.56 Å². The fourth-order valence-electron chi connectivity index (χ4n) is 1.76. The first-order chi connectivity index (χ1) is 10.2. The number of para-hydroxylation sites is 1. The molecule has 0 fully saturated rings. The van der Waals surface area contributed by atoms with Gasteiger partial charge in [0.2, 0.25) is 0 Å². The fourth-order valence-corrected chi connectivity index (χ4v) is 1.76. The number of benzene rings is 1. The summed E-state index contributed by atoms with van der Waals surface area (Å²) >= 11 is 0. The van der Waals surface area contributed by atoms with Crippen molar-refractivity contribution in [2.75, 3.05) is 20.3 Å². The number of hydrogen-bond acceptors (Lipinski definition) is 4. The number of amides is 2. The van der Waals surface area contributed by atoms with Crippen molar-refractivity contribution in [3.8, 4) is 0 Å². The number of hydrogen-bond donors (Lipinski definition) is 3. The SMILES string of the molecule is COCCNC(=O)C(=O)N/N=C/c1c[nH]c2ccccc12. The molecule has 0 bridgehead atoms. The molecule has 0 unspecified atom stereocenters. The van der Waals surface area contributed by atoms with Gasteiger partial charge in [-0.1, -0.05) is 18.2 Å². The maximum absolute atomic E-state index is 11.4. The van der Waals surface area contributed by atoms with Crippen molar-refractivity contribution >= 4 is 28.9 Å². The minimum absolute atomic E-state index is 0.273. The van der Waals surface area contributed by atoms with Crippen molar-refractivity contribution in [2.24, 2.45) is 5.10 Å². The number of nitrogens with zero attached hydrogens (tertiary/aromatic N) is 1. The van der Waals surface area contributed by atoms with Crippen molar-refractivity contribution in [1.29, 1.82) is 0 Å². The molecule has 0 saturated heterocycles. The molecule has 2 aromatic rings. The number of carbonyl (C=O) groups excluding carboxylic acids is 2. The molecule has 0 atom stereocenters. The number of fused-ring (bicyclic) bond motifs is 1. The Kier molecular flexibility index (Phi) is 5.05. The molecule has 0 spiro atoms. The Morgan fingerprint density at radius 3 is 2.95 bits per heavy atom. The molecule has 0 aliphatic heterocycles. The summed E-state index contributed by atoms with van der Waals surface area (Å²) in [6, 6.07) is 7.71. The summed E-state index contributed by atoms with van der Waals surface area (Å²) < 4.78 is 4.76. The topological polar surface area (TPSA) is 95.6 Å². The third kappa shape index (κ3) is 3.90. The number of nitrogens with one attached hydrogen (secondary N) is 3. The highest BCUT2D eigenvalue weighted by Crippen LogP contribution is 2.15. The molecule has 2 amide bonds. The smallest absolute Gasteiger partial charge is 0.329 e. The molecule has 21 heavy (non-hydrogen) atoms. The molecule has 110 valence electrons. The van der Waals surface area contributed by atoms with Crippen molar-refractivity contribution in [3.63, 3.8) is 0 Å². The van der Waals surface area contributed by atoms with Crippen molar-refractivity contribution in [3.05, 3.63) is 36.0 Å². The molecule has 7 nitrogen and oxygen atoms in total. The Balaban J connectivity index is 1.90. The Morgan fingerprint density at radius 1 is 1.33 bits per heavy atom. The zero-order valence-corrected chi connectivity index (χ0v) is 11.6. The largest absolute Gasteiger partial charge is 0.383 e. The van der Waals surface area contributed by atoms with Gasteiger partial charge in [-0.2, -0.15) is 5.10 Å². The minimum atomic E-state index is -0.817. The lowest BCUT2D eigenvalue weighted by atomic mass is 10.2. The van der Waals surface area contributed by atoms with E-state index in [-0.39, 0.29) is 6.54 Å². The van der Waals surface area contributed by atoms with Gasteiger partial charge in [0, 0.05) is 36.3 Å². The van der Waals surface area contributed by atoms with Gasteiger partial charge in [-0.15, -0.1) is 0 Å². The predicted molar refractivity (Wildman–Crippen MR) is 78.9 cm³/mol. The summed E-state index contributed by atoms with van der Waals surface area (Å²) in [6.07, 6.45) is 3.26. The molecule has 0 aliphatic rings. The third-order valence-electron chi connectivity index (χ3n) is 2.79. The van der Waals surface area contributed by atoms with Gasteiger partial charge in [-0.25, -0.2) is 5.43 Å². The fraction of sp³-hybridized carbons (Fsp3) is 0.214. The monoisotopic (exact) mass is 288 g/mol. The normalized spacial score (nSPS) is 10.9. The molecule has 0 radical (unpaired) electrons. The van der Waals surface area contributed by atoms with Crippen LogP contribution in [0, 0.1) is 0 Å². The van der Waals surface area contributed by atoms with Crippen LogP contribution in [0.15, 0.2) is 35.6 Å². The second kappa shape index (κ2) is 7.20. The molecule has 2 rings (SSSR count). The van der Waals surface area contributed by atoms with E-state index in [1.807, 2.05) is 24.3 Å². The van der Waals surface area contributed by atoms with Crippen molar-refractivity contribution < 1.29 is 14.3 Å². The van der Waals surface area contributed by atoms with Crippen LogP contribution < -0.4 is 10.7 Å². The van der Waals surface area contributed by atoms with Gasteiger partial charge in [0.1, 0.15) is 0 Å². The molecular weight excluding hydrogens is 272 g/mol. The van der Waals surface area contributed by atoms with E-state index < -0.39 is 11.8 Å². The number of methoxy groups -OCH3 is 1. The van der Waals surface area contributed by atoms with Gasteiger partial charge in [0.15, 0.2) is 0 Å². The molecule has 7 heteroatoms. The Hall–Kier alpha value is -2.67. The van der Waals surface area contributed by atoms with E-state index in [0.717, 1.165) is 16.5 Å². The lowest BCUT2D eigenvalue weighted by Gasteiger charge is -2.02. The highest BCUT2D eigenvalue weighted by Gasteiger charge is 2.11. The van der Waals surface area contributed by atoms with E-state index in [9.17, 15) is 9.59 Å². The summed E-state index contributed by atoms with van der Waals surface area (Å²) in [5.41, 5.74) is 3.98. The summed E-state index contributed by atoms with van der Waals surface area (Å²) in [6.45, 7) is 0.618. The van der Waals surface area contributed by atoms with Crippen molar-refractivity contribution in [1.82, 2.24) is 15.7 Å². The number of hydrazone groups is 1. The standard InChI is InChI=1S/C14H16N4O3/c1-21-7-6-15-13(19)14(20)18-17-9-10-8-16-12-5-3-2-4-11(10)12/h2-5,8-9,16H,6-7H2,1H3,(H,15,19)(H,18,20)/b17-9+. The van der Waals surface area contributed by atoms with Crippen molar-refractivity contribution in [2.45, 2.75) is 0 Å². The van der Waals surface area contributed by atoms with Gasteiger partial charge in [0.05, 0.1) is 12.8 Å².